The molecule has 5 nitrogen and oxygen atoms in total. The Hall–Kier alpha value is -2.80. The molecule has 158 valence electrons. The van der Waals surface area contributed by atoms with E-state index in [4.69, 9.17) is 27.6 Å². The van der Waals surface area contributed by atoms with E-state index in [-0.39, 0.29) is 21.7 Å². The molecule has 0 aliphatic heterocycles. The molecule has 0 aliphatic rings. The van der Waals surface area contributed by atoms with Gasteiger partial charge in [-0.3, -0.25) is 0 Å². The molecule has 0 atom stereocenters. The van der Waals surface area contributed by atoms with Crippen LogP contribution in [0.4, 0.5) is 11.6 Å². The van der Waals surface area contributed by atoms with Gasteiger partial charge in [0.15, 0.2) is 0 Å². The fourth-order valence-corrected chi connectivity index (χ4v) is 4.70. The van der Waals surface area contributed by atoms with Crippen molar-refractivity contribution in [3.63, 3.8) is 0 Å². The van der Waals surface area contributed by atoms with Gasteiger partial charge in [-0.15, -0.1) is 0 Å². The summed E-state index contributed by atoms with van der Waals surface area (Å²) in [6.45, 7) is 3.92. The lowest BCUT2D eigenvalue weighted by atomic mass is 10.1. The van der Waals surface area contributed by atoms with E-state index in [0.717, 1.165) is 11.1 Å². The van der Waals surface area contributed by atoms with Crippen molar-refractivity contribution >= 4 is 44.6 Å². The molecule has 0 amide bonds. The highest BCUT2D eigenvalue weighted by atomic mass is 35.5. The molecule has 4 aromatic rings. The zero-order valence-corrected chi connectivity index (χ0v) is 19.0. The van der Waals surface area contributed by atoms with E-state index in [9.17, 15) is 8.42 Å². The van der Waals surface area contributed by atoms with Crippen molar-refractivity contribution in [3.05, 3.63) is 87.9 Å². The van der Waals surface area contributed by atoms with Crippen molar-refractivity contribution in [1.29, 1.82) is 0 Å². The van der Waals surface area contributed by atoms with Crippen LogP contribution in [0.3, 0.4) is 0 Å². The fraction of sp³-hybridized carbons (Fsp3) is 0.0870. The average Bonchev–Trinajstić information content (AvgIpc) is 3.12. The summed E-state index contributed by atoms with van der Waals surface area (Å²) in [5.41, 5.74) is 3.36. The van der Waals surface area contributed by atoms with Gasteiger partial charge >= 0.3 is 0 Å². The molecule has 0 spiro atoms. The highest BCUT2D eigenvalue weighted by Gasteiger charge is 2.29. The van der Waals surface area contributed by atoms with Gasteiger partial charge in [0, 0.05) is 21.3 Å². The Morgan fingerprint density at radius 3 is 1.97 bits per heavy atom. The predicted octanol–water partition coefficient (Wildman–Crippen LogP) is 6.84. The molecule has 0 unspecified atom stereocenters. The van der Waals surface area contributed by atoms with Crippen molar-refractivity contribution in [2.24, 2.45) is 0 Å². The molecule has 1 N–H and O–H groups in total. The number of aromatic nitrogens is 1. The Bertz CT molecular complexity index is 1330. The average molecular weight is 473 g/mol. The van der Waals surface area contributed by atoms with E-state index in [1.807, 2.05) is 32.0 Å². The van der Waals surface area contributed by atoms with E-state index in [2.05, 4.69) is 10.3 Å². The Kier molecular flexibility index (Phi) is 5.79. The second-order valence-electron chi connectivity index (χ2n) is 7.12. The third-order valence-electron chi connectivity index (χ3n) is 4.55. The lowest BCUT2D eigenvalue weighted by molar-refractivity contribution is 0.582. The molecular weight excluding hydrogens is 455 g/mol. The molecule has 0 saturated heterocycles. The third-order valence-corrected chi connectivity index (χ3v) is 6.73. The van der Waals surface area contributed by atoms with Gasteiger partial charge in [0.25, 0.3) is 0 Å². The molecule has 4 rings (SSSR count). The van der Waals surface area contributed by atoms with Crippen LogP contribution >= 0.6 is 23.2 Å². The number of oxazole rings is 1. The molecule has 1 aromatic heterocycles. The maximum Gasteiger partial charge on any atom is 0.238 e. The fourth-order valence-electron chi connectivity index (χ4n) is 3.19. The van der Waals surface area contributed by atoms with Crippen LogP contribution in [0.1, 0.15) is 11.1 Å². The van der Waals surface area contributed by atoms with Gasteiger partial charge in [-0.1, -0.05) is 29.3 Å². The number of hydrogen-bond acceptors (Lipinski definition) is 5. The minimum absolute atomic E-state index is 0.0323. The maximum absolute atomic E-state index is 13.4. The first-order valence-corrected chi connectivity index (χ1v) is 11.6. The molecule has 0 fully saturated rings. The van der Waals surface area contributed by atoms with E-state index >= 15 is 0 Å². The summed E-state index contributed by atoms with van der Waals surface area (Å²) in [6.07, 6.45) is 0. The molecule has 0 aliphatic carbocycles. The minimum Gasteiger partial charge on any atom is -0.419 e. The van der Waals surface area contributed by atoms with E-state index in [1.54, 1.807) is 24.3 Å². The summed E-state index contributed by atoms with van der Waals surface area (Å²) in [7, 11) is -3.97. The van der Waals surface area contributed by atoms with Gasteiger partial charge in [-0.2, -0.15) is 4.98 Å². The van der Waals surface area contributed by atoms with Gasteiger partial charge in [-0.25, -0.2) is 8.42 Å². The molecule has 0 bridgehead atoms. The predicted molar refractivity (Wildman–Crippen MR) is 123 cm³/mol. The largest absolute Gasteiger partial charge is 0.419 e. The first-order chi connectivity index (χ1) is 14.7. The summed E-state index contributed by atoms with van der Waals surface area (Å²) >= 11 is 11.9. The Labute approximate surface area is 190 Å². The maximum atomic E-state index is 13.4. The summed E-state index contributed by atoms with van der Waals surface area (Å²) in [5.74, 6) is 0.195. The van der Waals surface area contributed by atoms with Gasteiger partial charge in [0.2, 0.25) is 26.6 Å². The van der Waals surface area contributed by atoms with Gasteiger partial charge in [-0.05, 0) is 85.6 Å². The summed E-state index contributed by atoms with van der Waals surface area (Å²) in [5, 5.41) is 3.87. The number of sulfone groups is 1. The van der Waals surface area contributed by atoms with E-state index in [1.165, 1.54) is 24.3 Å². The first kappa shape index (κ1) is 21.4. The van der Waals surface area contributed by atoms with Crippen molar-refractivity contribution < 1.29 is 12.8 Å². The molecule has 31 heavy (non-hydrogen) atoms. The van der Waals surface area contributed by atoms with Crippen LogP contribution in [0.2, 0.25) is 10.0 Å². The van der Waals surface area contributed by atoms with Gasteiger partial charge < -0.3 is 9.73 Å². The van der Waals surface area contributed by atoms with Crippen LogP contribution in [0.15, 0.2) is 81.1 Å². The minimum atomic E-state index is -3.97. The Balaban J connectivity index is 1.85. The Morgan fingerprint density at radius 1 is 0.839 bits per heavy atom. The van der Waals surface area contributed by atoms with Crippen molar-refractivity contribution in [1.82, 2.24) is 4.98 Å². The lowest BCUT2D eigenvalue weighted by Crippen LogP contribution is -2.05. The number of nitrogens with zero attached hydrogens (tertiary/aromatic N) is 1. The number of rotatable bonds is 5. The molecular formula is C23H18Cl2N2O3S. The van der Waals surface area contributed by atoms with Crippen molar-refractivity contribution in [3.8, 4) is 11.5 Å². The third kappa shape index (κ3) is 4.61. The van der Waals surface area contributed by atoms with Crippen LogP contribution in [0.5, 0.6) is 0 Å². The smallest absolute Gasteiger partial charge is 0.238 e. The number of aryl methyl sites for hydroxylation is 2. The molecule has 8 heteroatoms. The SMILES string of the molecule is Cc1cc(C)cc(Nc2oc(-c3ccc(Cl)cc3)nc2S(=O)(=O)c2ccc(Cl)cc2)c1. The first-order valence-electron chi connectivity index (χ1n) is 9.35. The molecule has 3 aromatic carbocycles. The van der Waals surface area contributed by atoms with Crippen LogP contribution in [-0.4, -0.2) is 13.4 Å². The standard InChI is InChI=1S/C23H18Cl2N2O3S/c1-14-11-15(2)13-19(12-14)26-22-23(31(28,29)20-9-7-18(25)8-10-20)27-21(30-22)16-3-5-17(24)6-4-16/h3-13,26H,1-2H3. The summed E-state index contributed by atoms with van der Waals surface area (Å²) in [4.78, 5) is 4.39. The topological polar surface area (TPSA) is 72.2 Å². The summed E-state index contributed by atoms with van der Waals surface area (Å²) < 4.78 is 32.6. The van der Waals surface area contributed by atoms with Gasteiger partial charge in [0.05, 0.1) is 4.90 Å². The van der Waals surface area contributed by atoms with Crippen LogP contribution in [-0.2, 0) is 9.84 Å². The number of hydrogen-bond donors (Lipinski definition) is 1. The lowest BCUT2D eigenvalue weighted by Gasteiger charge is -2.08. The van der Waals surface area contributed by atoms with Crippen molar-refractivity contribution in [2.75, 3.05) is 5.32 Å². The second kappa shape index (κ2) is 8.38. The summed E-state index contributed by atoms with van der Waals surface area (Å²) in [6, 6.07) is 18.5. The number of anilines is 2. The van der Waals surface area contributed by atoms with E-state index < -0.39 is 9.84 Å². The second-order valence-corrected chi connectivity index (χ2v) is 9.86. The van der Waals surface area contributed by atoms with Crippen LogP contribution in [0, 0.1) is 13.8 Å². The quantitative estimate of drug-likeness (QED) is 0.344. The van der Waals surface area contributed by atoms with Crippen LogP contribution < -0.4 is 5.32 Å². The molecule has 0 radical (unpaired) electrons. The Morgan fingerprint density at radius 2 is 1.39 bits per heavy atom. The zero-order chi connectivity index (χ0) is 22.2. The van der Waals surface area contributed by atoms with E-state index in [0.29, 0.717) is 21.3 Å². The van der Waals surface area contributed by atoms with Gasteiger partial charge in [0.1, 0.15) is 0 Å². The zero-order valence-electron chi connectivity index (χ0n) is 16.7. The molecule has 0 saturated carbocycles. The number of benzene rings is 3. The normalized spacial score (nSPS) is 11.5. The highest BCUT2D eigenvalue weighted by Crippen LogP contribution is 2.35. The van der Waals surface area contributed by atoms with Crippen molar-refractivity contribution in [2.45, 2.75) is 23.8 Å². The molecule has 1 heterocycles. The highest BCUT2D eigenvalue weighted by molar-refractivity contribution is 7.91. The number of halogens is 2. The monoisotopic (exact) mass is 472 g/mol. The van der Waals surface area contributed by atoms with Crippen LogP contribution in [0.25, 0.3) is 11.5 Å². The number of nitrogens with one attached hydrogen (secondary N) is 1.